The second-order valence-corrected chi connectivity index (χ2v) is 6.76. The molecule has 0 fully saturated rings. The van der Waals surface area contributed by atoms with Crippen molar-refractivity contribution in [2.24, 2.45) is 5.41 Å². The molecule has 23 heavy (non-hydrogen) atoms. The zero-order valence-electron chi connectivity index (χ0n) is 13.9. The minimum atomic E-state index is -0.798. The summed E-state index contributed by atoms with van der Waals surface area (Å²) in [4.78, 5) is 24.7. The fourth-order valence-corrected chi connectivity index (χ4v) is 2.41. The Morgan fingerprint density at radius 1 is 1.22 bits per heavy atom. The predicted octanol–water partition coefficient (Wildman–Crippen LogP) is 1.85. The van der Waals surface area contributed by atoms with Crippen molar-refractivity contribution in [2.75, 3.05) is 0 Å². The van der Waals surface area contributed by atoms with Gasteiger partial charge in [-0.25, -0.2) is 23.9 Å². The van der Waals surface area contributed by atoms with Crippen molar-refractivity contribution in [3.05, 3.63) is 63.5 Å². The lowest BCUT2D eigenvalue weighted by molar-refractivity contribution is 0.0862. The predicted molar refractivity (Wildman–Crippen MR) is 90.0 cm³/mol. The third-order valence-electron chi connectivity index (χ3n) is 3.93. The molecule has 0 unspecified atom stereocenters. The lowest BCUT2D eigenvalue weighted by Gasteiger charge is -2.30. The van der Waals surface area contributed by atoms with Crippen LogP contribution < -0.4 is 11.4 Å². The first-order chi connectivity index (χ1) is 10.6. The molecule has 0 aliphatic heterocycles. The van der Waals surface area contributed by atoms with Gasteiger partial charge in [0.25, 0.3) is 0 Å². The Kier molecular flexibility index (Phi) is 4.47. The Hall–Kier alpha value is -2.34. The highest BCUT2D eigenvalue weighted by Crippen LogP contribution is 2.29. The molecule has 0 radical (unpaired) electrons. The van der Waals surface area contributed by atoms with Crippen molar-refractivity contribution >= 4 is 0 Å². The van der Waals surface area contributed by atoms with Crippen molar-refractivity contribution < 1.29 is 5.11 Å². The highest BCUT2D eigenvalue weighted by atomic mass is 16.3. The molecule has 0 amide bonds. The van der Waals surface area contributed by atoms with Crippen molar-refractivity contribution in [3.8, 4) is 5.69 Å². The summed E-state index contributed by atoms with van der Waals surface area (Å²) >= 11 is 0. The summed E-state index contributed by atoms with van der Waals surface area (Å²) in [7, 11) is 0. The van der Waals surface area contributed by atoms with E-state index in [4.69, 9.17) is 0 Å². The maximum Gasteiger partial charge on any atom is 0.352 e. The van der Waals surface area contributed by atoms with E-state index < -0.39 is 28.9 Å². The molecule has 0 saturated carbocycles. The van der Waals surface area contributed by atoms with Gasteiger partial charge in [-0.1, -0.05) is 45.5 Å². The van der Waals surface area contributed by atoms with Gasteiger partial charge >= 0.3 is 11.4 Å². The van der Waals surface area contributed by atoms with Crippen molar-refractivity contribution in [1.82, 2.24) is 14.3 Å². The quantitative estimate of drug-likeness (QED) is 0.845. The van der Waals surface area contributed by atoms with Crippen molar-refractivity contribution in [1.29, 1.82) is 0 Å². The molecule has 0 aliphatic carbocycles. The molecule has 2 N–H and O–H groups in total. The molecule has 124 valence electrons. The SMILES string of the molecule is C=C([C@@H](O)C(C)(C)C)[C@H](C)n1[nH]c(=O)n(-c2ccccc2)c1=O. The zero-order valence-corrected chi connectivity index (χ0v) is 13.9. The topological polar surface area (TPSA) is 80.0 Å². The third kappa shape index (κ3) is 3.22. The third-order valence-corrected chi connectivity index (χ3v) is 3.93. The van der Waals surface area contributed by atoms with Crippen LogP contribution in [0, 0.1) is 5.41 Å². The van der Waals surface area contributed by atoms with Crippen LogP contribution in [0.4, 0.5) is 0 Å². The van der Waals surface area contributed by atoms with Crippen molar-refractivity contribution in [2.45, 2.75) is 39.8 Å². The van der Waals surface area contributed by atoms with E-state index >= 15 is 0 Å². The molecule has 2 atom stereocenters. The second kappa shape index (κ2) is 6.04. The molecule has 0 saturated heterocycles. The fraction of sp³-hybridized carbons (Fsp3) is 0.412. The number of benzene rings is 1. The van der Waals surface area contributed by atoms with Crippen LogP contribution in [0.25, 0.3) is 5.69 Å². The van der Waals surface area contributed by atoms with E-state index in [2.05, 4.69) is 11.7 Å². The first kappa shape index (κ1) is 17.0. The maximum atomic E-state index is 12.6. The van der Waals surface area contributed by atoms with Gasteiger partial charge in [0.15, 0.2) is 0 Å². The molecule has 2 rings (SSSR count). The normalized spacial score (nSPS) is 14.5. The van der Waals surface area contributed by atoms with Crippen LogP contribution >= 0.6 is 0 Å². The second-order valence-electron chi connectivity index (χ2n) is 6.76. The van der Waals surface area contributed by atoms with Crippen LogP contribution in [-0.4, -0.2) is 25.6 Å². The number of hydrogen-bond donors (Lipinski definition) is 2. The van der Waals surface area contributed by atoms with E-state index in [1.165, 1.54) is 4.68 Å². The Morgan fingerprint density at radius 2 is 1.78 bits per heavy atom. The maximum absolute atomic E-state index is 12.6. The number of H-pyrrole nitrogens is 1. The van der Waals surface area contributed by atoms with Gasteiger partial charge in [0.05, 0.1) is 17.8 Å². The number of aromatic nitrogens is 3. The monoisotopic (exact) mass is 317 g/mol. The summed E-state index contributed by atoms with van der Waals surface area (Å²) in [6.45, 7) is 11.3. The van der Waals surface area contributed by atoms with Crippen LogP contribution in [0.1, 0.15) is 33.7 Å². The molecular formula is C17H23N3O3. The van der Waals surface area contributed by atoms with Gasteiger partial charge in [-0.15, -0.1) is 0 Å². The lowest BCUT2D eigenvalue weighted by Crippen LogP contribution is -2.34. The van der Waals surface area contributed by atoms with Gasteiger partial charge in [0.2, 0.25) is 0 Å². The molecule has 0 spiro atoms. The van der Waals surface area contributed by atoms with Gasteiger partial charge in [0, 0.05) is 0 Å². The molecule has 2 aromatic rings. The number of aliphatic hydroxyl groups excluding tert-OH is 1. The van der Waals surface area contributed by atoms with E-state index in [0.717, 1.165) is 4.57 Å². The molecular weight excluding hydrogens is 294 g/mol. The summed E-state index contributed by atoms with van der Waals surface area (Å²) in [5.74, 6) is 0. The number of rotatable bonds is 4. The van der Waals surface area contributed by atoms with Crippen LogP contribution in [-0.2, 0) is 0 Å². The van der Waals surface area contributed by atoms with Crippen LogP contribution in [0.2, 0.25) is 0 Å². The Bertz CT molecular complexity index is 806. The van der Waals surface area contributed by atoms with Gasteiger partial charge < -0.3 is 5.11 Å². The van der Waals surface area contributed by atoms with E-state index in [9.17, 15) is 14.7 Å². The molecule has 6 nitrogen and oxygen atoms in total. The van der Waals surface area contributed by atoms with Crippen LogP contribution in [0.3, 0.4) is 0 Å². The summed E-state index contributed by atoms with van der Waals surface area (Å²) < 4.78 is 2.26. The number of hydrogen-bond acceptors (Lipinski definition) is 3. The number of aromatic amines is 1. The number of nitrogens with one attached hydrogen (secondary N) is 1. The summed E-state index contributed by atoms with van der Waals surface area (Å²) in [6, 6.07) is 8.15. The van der Waals surface area contributed by atoms with E-state index in [1.54, 1.807) is 31.2 Å². The fourth-order valence-electron chi connectivity index (χ4n) is 2.41. The summed E-state index contributed by atoms with van der Waals surface area (Å²) in [5.41, 5.74) is -0.452. The van der Waals surface area contributed by atoms with Crippen LogP contribution in [0.5, 0.6) is 0 Å². The minimum Gasteiger partial charge on any atom is -0.388 e. The molecule has 0 bridgehead atoms. The van der Waals surface area contributed by atoms with E-state index in [-0.39, 0.29) is 0 Å². The van der Waals surface area contributed by atoms with Gasteiger partial charge in [-0.2, -0.15) is 0 Å². The van der Waals surface area contributed by atoms with E-state index in [1.807, 2.05) is 26.8 Å². The zero-order chi connectivity index (χ0) is 17.4. The molecule has 1 aromatic heterocycles. The first-order valence-corrected chi connectivity index (χ1v) is 7.50. The number of para-hydroxylation sites is 1. The van der Waals surface area contributed by atoms with Crippen LogP contribution in [0.15, 0.2) is 52.1 Å². The molecule has 0 aliphatic rings. The standard InChI is InChI=1S/C17H23N3O3/c1-11(14(21)17(3,4)5)12(2)20-16(23)19(15(22)18-20)13-9-7-6-8-10-13/h6-10,12,14,21H,1H2,2-5H3,(H,18,22)/t12-,14+/m0/s1. The Balaban J connectivity index is 2.45. The summed E-state index contributed by atoms with van der Waals surface area (Å²) in [6.07, 6.45) is -0.798. The molecule has 1 aromatic carbocycles. The largest absolute Gasteiger partial charge is 0.388 e. The van der Waals surface area contributed by atoms with Crippen molar-refractivity contribution in [3.63, 3.8) is 0 Å². The minimum absolute atomic E-state index is 0.406. The Labute approximate surface area is 134 Å². The molecule has 1 heterocycles. The van der Waals surface area contributed by atoms with Gasteiger partial charge in [0.1, 0.15) is 0 Å². The summed E-state index contributed by atoms with van der Waals surface area (Å²) in [5, 5.41) is 12.9. The van der Waals surface area contributed by atoms with E-state index in [0.29, 0.717) is 11.3 Å². The van der Waals surface area contributed by atoms with Gasteiger partial charge in [-0.3, -0.25) is 0 Å². The highest BCUT2D eigenvalue weighted by Gasteiger charge is 2.29. The number of aliphatic hydroxyl groups is 1. The average Bonchev–Trinajstić information content (AvgIpc) is 2.79. The highest BCUT2D eigenvalue weighted by molar-refractivity contribution is 5.30. The Morgan fingerprint density at radius 3 is 2.30 bits per heavy atom. The molecule has 6 heteroatoms. The average molecular weight is 317 g/mol. The first-order valence-electron chi connectivity index (χ1n) is 7.50. The smallest absolute Gasteiger partial charge is 0.352 e. The van der Waals surface area contributed by atoms with Gasteiger partial charge in [-0.05, 0) is 30.0 Å². The lowest BCUT2D eigenvalue weighted by atomic mass is 9.83. The number of nitrogens with zero attached hydrogens (tertiary/aromatic N) is 2.